The molecule has 2 N–H and O–H groups in total. The van der Waals surface area contributed by atoms with Crippen LogP contribution in [0.15, 0.2) is 40.9 Å². The van der Waals surface area contributed by atoms with Crippen molar-refractivity contribution in [3.63, 3.8) is 0 Å². The summed E-state index contributed by atoms with van der Waals surface area (Å²) in [5.41, 5.74) is 0.533. The number of aromatic carboxylic acids is 1. The number of hydrogen-bond acceptors (Lipinski definition) is 2. The predicted molar refractivity (Wildman–Crippen MR) is 93.2 cm³/mol. The summed E-state index contributed by atoms with van der Waals surface area (Å²) in [6.45, 7) is 0. The number of nitrogens with one attached hydrogen (secondary N) is 1. The zero-order chi connectivity index (χ0) is 15.6. The van der Waals surface area contributed by atoms with Gasteiger partial charge in [-0.15, -0.1) is 0 Å². The largest absolute Gasteiger partial charge is 0.478 e. The first-order valence-electron chi connectivity index (χ1n) is 5.67. The Labute approximate surface area is 147 Å². The fourth-order valence-corrected chi connectivity index (χ4v) is 2.92. The fraction of sp³-hybridized carbons (Fsp3) is 0. The smallest absolute Gasteiger partial charge is 0.337 e. The van der Waals surface area contributed by atoms with E-state index in [4.69, 9.17) is 11.6 Å². The van der Waals surface area contributed by atoms with Gasteiger partial charge in [0.05, 0.1) is 21.8 Å². The molecule has 0 aliphatic heterocycles. The molecule has 0 saturated heterocycles. The summed E-state index contributed by atoms with van der Waals surface area (Å²) in [4.78, 5) is 23.4. The molecule has 0 unspecified atom stereocenters. The molecule has 2 aromatic carbocycles. The summed E-state index contributed by atoms with van der Waals surface area (Å²) in [6, 6.07) is 9.60. The average molecular weight is 480 g/mol. The van der Waals surface area contributed by atoms with Crippen LogP contribution in [-0.4, -0.2) is 17.0 Å². The van der Waals surface area contributed by atoms with Crippen LogP contribution in [0.4, 0.5) is 5.69 Å². The number of anilines is 1. The molecule has 2 aromatic rings. The van der Waals surface area contributed by atoms with Gasteiger partial charge < -0.3 is 10.4 Å². The number of carboxylic acids is 1. The lowest BCUT2D eigenvalue weighted by Crippen LogP contribution is -2.15. The van der Waals surface area contributed by atoms with Crippen molar-refractivity contribution in [3.8, 4) is 0 Å². The van der Waals surface area contributed by atoms with Crippen LogP contribution in [0.25, 0.3) is 0 Å². The van der Waals surface area contributed by atoms with Crippen LogP contribution >= 0.6 is 50.1 Å². The van der Waals surface area contributed by atoms with Crippen LogP contribution in [0.3, 0.4) is 0 Å². The van der Waals surface area contributed by atoms with Crippen LogP contribution in [0.1, 0.15) is 20.7 Å². The molecule has 0 aliphatic carbocycles. The molecule has 0 heterocycles. The van der Waals surface area contributed by atoms with Gasteiger partial charge >= 0.3 is 5.97 Å². The Morgan fingerprint density at radius 3 is 2.48 bits per heavy atom. The third-order valence-electron chi connectivity index (χ3n) is 2.64. The maximum atomic E-state index is 12.2. The molecule has 0 spiro atoms. The maximum Gasteiger partial charge on any atom is 0.337 e. The highest BCUT2D eigenvalue weighted by molar-refractivity contribution is 14.1. The minimum atomic E-state index is -1.11. The molecule has 2 rings (SSSR count). The van der Waals surface area contributed by atoms with E-state index in [0.717, 1.165) is 8.04 Å². The Kier molecular flexibility index (Phi) is 5.23. The summed E-state index contributed by atoms with van der Waals surface area (Å²) in [6.07, 6.45) is 0. The van der Waals surface area contributed by atoms with Gasteiger partial charge in [0.25, 0.3) is 5.91 Å². The van der Waals surface area contributed by atoms with Crippen molar-refractivity contribution in [1.29, 1.82) is 0 Å². The molecule has 4 nitrogen and oxygen atoms in total. The summed E-state index contributed by atoms with van der Waals surface area (Å²) < 4.78 is 1.52. The molecule has 0 radical (unpaired) electrons. The van der Waals surface area contributed by atoms with Gasteiger partial charge in [-0.05, 0) is 59.0 Å². The Balaban J connectivity index is 2.34. The fourth-order valence-electron chi connectivity index (χ4n) is 1.67. The molecule has 0 aromatic heterocycles. The van der Waals surface area contributed by atoms with E-state index in [1.807, 2.05) is 22.6 Å². The number of amides is 1. The molecule has 1 amide bonds. The normalized spacial score (nSPS) is 10.2. The van der Waals surface area contributed by atoms with E-state index in [0.29, 0.717) is 0 Å². The summed E-state index contributed by atoms with van der Waals surface area (Å²) in [7, 11) is 0. The number of hydrogen-bond donors (Lipinski definition) is 2. The van der Waals surface area contributed by atoms with Gasteiger partial charge in [-0.2, -0.15) is 0 Å². The topological polar surface area (TPSA) is 66.4 Å². The van der Waals surface area contributed by atoms with E-state index in [9.17, 15) is 14.7 Å². The minimum absolute atomic E-state index is 0.0310. The molecule has 108 valence electrons. The van der Waals surface area contributed by atoms with E-state index in [2.05, 4.69) is 21.2 Å². The lowest BCUT2D eigenvalue weighted by molar-refractivity contribution is 0.0698. The molecule has 0 bridgehead atoms. The summed E-state index contributed by atoms with van der Waals surface area (Å²) in [5.74, 6) is -1.57. The van der Waals surface area contributed by atoms with Gasteiger partial charge in [-0.3, -0.25) is 4.79 Å². The Morgan fingerprint density at radius 2 is 1.86 bits per heavy atom. The molecular weight excluding hydrogens is 472 g/mol. The summed E-state index contributed by atoms with van der Waals surface area (Å²) >= 11 is 11.3. The van der Waals surface area contributed by atoms with Crippen molar-refractivity contribution in [2.24, 2.45) is 0 Å². The van der Waals surface area contributed by atoms with Gasteiger partial charge in [0.2, 0.25) is 0 Å². The van der Waals surface area contributed by atoms with Crippen LogP contribution in [0.2, 0.25) is 5.02 Å². The number of carbonyl (C=O) groups is 2. The third-order valence-corrected chi connectivity index (χ3v) is 4.11. The first kappa shape index (κ1) is 16.3. The second-order valence-corrected chi connectivity index (χ2v) is 6.64. The highest BCUT2D eigenvalue weighted by Gasteiger charge is 2.16. The SMILES string of the molecule is O=C(Nc1ccc(I)cc1C(=O)O)c1ccc(Br)cc1Cl. The summed E-state index contributed by atoms with van der Waals surface area (Å²) in [5, 5.41) is 12.0. The zero-order valence-electron chi connectivity index (χ0n) is 10.4. The lowest BCUT2D eigenvalue weighted by atomic mass is 10.1. The predicted octanol–water partition coefficient (Wildman–Crippen LogP) is 4.66. The van der Waals surface area contributed by atoms with E-state index in [1.54, 1.807) is 30.3 Å². The molecule has 21 heavy (non-hydrogen) atoms. The second-order valence-electron chi connectivity index (χ2n) is 4.07. The van der Waals surface area contributed by atoms with Gasteiger partial charge in [0, 0.05) is 8.04 Å². The van der Waals surface area contributed by atoms with Crippen LogP contribution in [-0.2, 0) is 0 Å². The van der Waals surface area contributed by atoms with E-state index in [-0.39, 0.29) is 21.8 Å². The molecule has 0 atom stereocenters. The van der Waals surface area contributed by atoms with Gasteiger partial charge in [0.1, 0.15) is 0 Å². The Hall–Kier alpha value is -1.12. The monoisotopic (exact) mass is 479 g/mol. The molecule has 0 fully saturated rings. The van der Waals surface area contributed by atoms with Gasteiger partial charge in [-0.25, -0.2) is 4.79 Å². The van der Waals surface area contributed by atoms with Crippen molar-refractivity contribution in [1.82, 2.24) is 0 Å². The number of carboxylic acid groups (broad SMARTS) is 1. The van der Waals surface area contributed by atoms with E-state index in [1.165, 1.54) is 6.07 Å². The quantitative estimate of drug-likeness (QED) is 0.629. The number of halogens is 3. The Morgan fingerprint density at radius 1 is 1.14 bits per heavy atom. The van der Waals surface area contributed by atoms with Crippen LogP contribution < -0.4 is 5.32 Å². The Bertz CT molecular complexity index is 736. The lowest BCUT2D eigenvalue weighted by Gasteiger charge is -2.10. The number of benzene rings is 2. The molecule has 0 aliphatic rings. The number of rotatable bonds is 3. The van der Waals surface area contributed by atoms with Crippen molar-refractivity contribution in [2.75, 3.05) is 5.32 Å². The highest BCUT2D eigenvalue weighted by atomic mass is 127. The van der Waals surface area contributed by atoms with Gasteiger partial charge in [-0.1, -0.05) is 27.5 Å². The maximum absolute atomic E-state index is 12.2. The minimum Gasteiger partial charge on any atom is -0.478 e. The first-order chi connectivity index (χ1) is 9.88. The third kappa shape index (κ3) is 3.96. The van der Waals surface area contributed by atoms with Crippen molar-refractivity contribution >= 4 is 67.7 Å². The van der Waals surface area contributed by atoms with Crippen molar-refractivity contribution < 1.29 is 14.7 Å². The van der Waals surface area contributed by atoms with Gasteiger partial charge in [0.15, 0.2) is 0 Å². The average Bonchev–Trinajstić information content (AvgIpc) is 2.40. The molecule has 0 saturated carbocycles. The standard InChI is InChI=1S/C14H8BrClINO3/c15-7-1-3-9(11(16)5-7)13(19)18-12-4-2-8(17)6-10(12)14(20)21/h1-6H,(H,18,19)(H,20,21). The number of carbonyl (C=O) groups excluding carboxylic acids is 1. The molecule has 7 heteroatoms. The zero-order valence-corrected chi connectivity index (χ0v) is 14.9. The second kappa shape index (κ2) is 6.76. The highest BCUT2D eigenvalue weighted by Crippen LogP contribution is 2.24. The molecular formula is C14H8BrClINO3. The van der Waals surface area contributed by atoms with Crippen LogP contribution in [0, 0.1) is 3.57 Å². The van der Waals surface area contributed by atoms with E-state index >= 15 is 0 Å². The van der Waals surface area contributed by atoms with Crippen molar-refractivity contribution in [2.45, 2.75) is 0 Å². The van der Waals surface area contributed by atoms with Crippen molar-refractivity contribution in [3.05, 3.63) is 60.6 Å². The van der Waals surface area contributed by atoms with Crippen LogP contribution in [0.5, 0.6) is 0 Å². The first-order valence-corrected chi connectivity index (χ1v) is 7.92. The van der Waals surface area contributed by atoms with E-state index < -0.39 is 11.9 Å².